The van der Waals surface area contributed by atoms with Crippen molar-refractivity contribution in [3.63, 3.8) is 0 Å². The van der Waals surface area contributed by atoms with Crippen LogP contribution in [0.3, 0.4) is 0 Å². The minimum atomic E-state index is 0.632. The molecule has 114 valence electrons. The lowest BCUT2D eigenvalue weighted by Gasteiger charge is -2.29. The van der Waals surface area contributed by atoms with Crippen molar-refractivity contribution in [2.45, 2.75) is 13.0 Å². The molecule has 2 aromatic carbocycles. The van der Waals surface area contributed by atoms with Crippen LogP contribution in [-0.4, -0.2) is 16.5 Å². The fourth-order valence-corrected chi connectivity index (χ4v) is 2.93. The van der Waals surface area contributed by atoms with Gasteiger partial charge in [-0.2, -0.15) is 4.98 Å². The van der Waals surface area contributed by atoms with Crippen LogP contribution in [0, 0.1) is 0 Å². The highest BCUT2D eigenvalue weighted by Crippen LogP contribution is 2.23. The number of aromatic nitrogens is 2. The summed E-state index contributed by atoms with van der Waals surface area (Å²) in [6.07, 6.45) is 2.87. The average molecular weight is 302 g/mol. The zero-order chi connectivity index (χ0) is 15.5. The Labute approximate surface area is 135 Å². The Kier molecular flexibility index (Phi) is 3.64. The van der Waals surface area contributed by atoms with E-state index in [0.29, 0.717) is 5.95 Å². The SMILES string of the molecule is c1ccc(Nc2nccc(N3CCc4ccccc4C3)n2)cc1. The topological polar surface area (TPSA) is 41.1 Å². The maximum atomic E-state index is 4.67. The molecule has 0 atom stereocenters. The summed E-state index contributed by atoms with van der Waals surface area (Å²) in [6, 6.07) is 20.6. The molecule has 4 heteroatoms. The van der Waals surface area contributed by atoms with E-state index in [4.69, 9.17) is 0 Å². The highest BCUT2D eigenvalue weighted by atomic mass is 15.2. The predicted octanol–water partition coefficient (Wildman–Crippen LogP) is 3.78. The van der Waals surface area contributed by atoms with Crippen molar-refractivity contribution in [2.24, 2.45) is 0 Å². The second-order valence-corrected chi connectivity index (χ2v) is 5.67. The summed E-state index contributed by atoms with van der Waals surface area (Å²) in [4.78, 5) is 11.3. The van der Waals surface area contributed by atoms with Gasteiger partial charge >= 0.3 is 0 Å². The summed E-state index contributed by atoms with van der Waals surface area (Å²) >= 11 is 0. The Morgan fingerprint density at radius 2 is 1.65 bits per heavy atom. The van der Waals surface area contributed by atoms with Crippen LogP contribution in [0.15, 0.2) is 66.9 Å². The van der Waals surface area contributed by atoms with Gasteiger partial charge in [0.05, 0.1) is 0 Å². The summed E-state index contributed by atoms with van der Waals surface area (Å²) in [5, 5.41) is 3.25. The van der Waals surface area contributed by atoms with Crippen molar-refractivity contribution in [3.8, 4) is 0 Å². The number of hydrogen-bond donors (Lipinski definition) is 1. The lowest BCUT2D eigenvalue weighted by atomic mass is 10.00. The molecule has 0 fully saturated rings. The van der Waals surface area contributed by atoms with Gasteiger partial charge in [-0.05, 0) is 35.7 Å². The summed E-state index contributed by atoms with van der Waals surface area (Å²) in [6.45, 7) is 1.89. The third kappa shape index (κ3) is 3.01. The molecule has 4 nitrogen and oxygen atoms in total. The summed E-state index contributed by atoms with van der Waals surface area (Å²) in [7, 11) is 0. The molecule has 1 N–H and O–H groups in total. The fraction of sp³-hybridized carbons (Fsp3) is 0.158. The van der Waals surface area contributed by atoms with Gasteiger partial charge in [0.1, 0.15) is 5.82 Å². The van der Waals surface area contributed by atoms with Crippen LogP contribution in [0.25, 0.3) is 0 Å². The Hall–Kier alpha value is -2.88. The minimum Gasteiger partial charge on any atom is -0.352 e. The standard InChI is InChI=1S/C19H18N4/c1-2-8-17(9-3-1)21-19-20-12-10-18(22-19)23-13-11-15-6-4-5-7-16(15)14-23/h1-10,12H,11,13-14H2,(H,20,21,22). The minimum absolute atomic E-state index is 0.632. The molecule has 1 aliphatic rings. The first-order valence-electron chi connectivity index (χ1n) is 7.85. The molecular formula is C19H18N4. The van der Waals surface area contributed by atoms with Gasteiger partial charge in [0, 0.05) is 25.0 Å². The second-order valence-electron chi connectivity index (χ2n) is 5.67. The van der Waals surface area contributed by atoms with Gasteiger partial charge in [0.15, 0.2) is 0 Å². The second kappa shape index (κ2) is 6.08. The van der Waals surface area contributed by atoms with Crippen molar-refractivity contribution in [3.05, 3.63) is 78.0 Å². The fourth-order valence-electron chi connectivity index (χ4n) is 2.93. The lowest BCUT2D eigenvalue weighted by molar-refractivity contribution is 0.720. The molecule has 1 aromatic heterocycles. The molecule has 0 amide bonds. The van der Waals surface area contributed by atoms with Crippen LogP contribution >= 0.6 is 0 Å². The summed E-state index contributed by atoms with van der Waals surface area (Å²) < 4.78 is 0. The molecule has 2 heterocycles. The zero-order valence-electron chi connectivity index (χ0n) is 12.8. The van der Waals surface area contributed by atoms with Gasteiger partial charge < -0.3 is 10.2 Å². The number of nitrogens with one attached hydrogen (secondary N) is 1. The van der Waals surface area contributed by atoms with Gasteiger partial charge in [0.25, 0.3) is 0 Å². The highest BCUT2D eigenvalue weighted by Gasteiger charge is 2.17. The van der Waals surface area contributed by atoms with Crippen molar-refractivity contribution in [1.82, 2.24) is 9.97 Å². The zero-order valence-corrected chi connectivity index (χ0v) is 12.8. The number of hydrogen-bond acceptors (Lipinski definition) is 4. The number of nitrogens with zero attached hydrogens (tertiary/aromatic N) is 3. The first-order valence-corrected chi connectivity index (χ1v) is 7.85. The third-order valence-electron chi connectivity index (χ3n) is 4.13. The highest BCUT2D eigenvalue weighted by molar-refractivity contribution is 5.55. The van der Waals surface area contributed by atoms with Crippen LogP contribution in [0.5, 0.6) is 0 Å². The van der Waals surface area contributed by atoms with E-state index in [9.17, 15) is 0 Å². The van der Waals surface area contributed by atoms with Crippen LogP contribution < -0.4 is 10.2 Å². The predicted molar refractivity (Wildman–Crippen MR) is 93.0 cm³/mol. The largest absolute Gasteiger partial charge is 0.352 e. The van der Waals surface area contributed by atoms with Crippen LogP contribution in [0.4, 0.5) is 17.5 Å². The van der Waals surface area contributed by atoms with E-state index in [1.807, 2.05) is 42.6 Å². The molecule has 0 bridgehead atoms. The Morgan fingerprint density at radius 1 is 0.870 bits per heavy atom. The van der Waals surface area contributed by atoms with E-state index >= 15 is 0 Å². The maximum absolute atomic E-state index is 4.67. The van der Waals surface area contributed by atoms with Gasteiger partial charge in [-0.3, -0.25) is 0 Å². The van der Waals surface area contributed by atoms with Gasteiger partial charge in [-0.1, -0.05) is 42.5 Å². The molecule has 23 heavy (non-hydrogen) atoms. The molecule has 0 spiro atoms. The molecule has 3 aromatic rings. The Balaban J connectivity index is 1.55. The molecule has 0 saturated carbocycles. The van der Waals surface area contributed by atoms with E-state index in [1.165, 1.54) is 11.1 Å². The van der Waals surface area contributed by atoms with Crippen LogP contribution in [0.2, 0.25) is 0 Å². The third-order valence-corrected chi connectivity index (χ3v) is 4.13. The monoisotopic (exact) mass is 302 g/mol. The quantitative estimate of drug-likeness (QED) is 0.799. The molecular weight excluding hydrogens is 284 g/mol. The number of anilines is 3. The first kappa shape index (κ1) is 13.8. The van der Waals surface area contributed by atoms with E-state index in [2.05, 4.69) is 44.5 Å². The van der Waals surface area contributed by atoms with E-state index in [0.717, 1.165) is 31.0 Å². The lowest BCUT2D eigenvalue weighted by Crippen LogP contribution is -2.31. The van der Waals surface area contributed by atoms with Crippen molar-refractivity contribution >= 4 is 17.5 Å². The van der Waals surface area contributed by atoms with Crippen molar-refractivity contribution in [1.29, 1.82) is 0 Å². The van der Waals surface area contributed by atoms with Crippen molar-refractivity contribution < 1.29 is 0 Å². The van der Waals surface area contributed by atoms with E-state index in [-0.39, 0.29) is 0 Å². The number of fused-ring (bicyclic) bond motifs is 1. The average Bonchev–Trinajstić information content (AvgIpc) is 2.62. The first-order chi connectivity index (χ1) is 11.4. The van der Waals surface area contributed by atoms with Gasteiger partial charge in [-0.25, -0.2) is 4.98 Å². The molecule has 0 radical (unpaired) electrons. The van der Waals surface area contributed by atoms with E-state index in [1.54, 1.807) is 0 Å². The number of benzene rings is 2. The molecule has 0 saturated heterocycles. The Morgan fingerprint density at radius 3 is 2.52 bits per heavy atom. The van der Waals surface area contributed by atoms with Gasteiger partial charge in [0.2, 0.25) is 5.95 Å². The van der Waals surface area contributed by atoms with Crippen LogP contribution in [0.1, 0.15) is 11.1 Å². The summed E-state index contributed by atoms with van der Waals surface area (Å²) in [5.41, 5.74) is 3.82. The van der Waals surface area contributed by atoms with Crippen LogP contribution in [-0.2, 0) is 13.0 Å². The normalized spacial score (nSPS) is 13.5. The molecule has 4 rings (SSSR count). The molecule has 0 unspecified atom stereocenters. The van der Waals surface area contributed by atoms with Gasteiger partial charge in [-0.15, -0.1) is 0 Å². The molecule has 1 aliphatic heterocycles. The number of rotatable bonds is 3. The van der Waals surface area contributed by atoms with Crippen molar-refractivity contribution in [2.75, 3.05) is 16.8 Å². The summed E-state index contributed by atoms with van der Waals surface area (Å²) in [5.74, 6) is 1.60. The molecule has 0 aliphatic carbocycles. The number of para-hydroxylation sites is 1. The van der Waals surface area contributed by atoms with E-state index < -0.39 is 0 Å². The Bertz CT molecular complexity index is 801. The maximum Gasteiger partial charge on any atom is 0.229 e. The smallest absolute Gasteiger partial charge is 0.229 e.